The second-order valence-electron chi connectivity index (χ2n) is 4.81. The minimum atomic E-state index is -1.02. The number of benzene rings is 2. The summed E-state index contributed by atoms with van der Waals surface area (Å²) < 4.78 is 5.92. The van der Waals surface area contributed by atoms with E-state index in [2.05, 4.69) is 6.58 Å². The maximum Gasteiger partial charge on any atom is 0.339 e. The molecule has 1 aliphatic heterocycles. The first-order valence-corrected chi connectivity index (χ1v) is 6.62. The van der Waals surface area contributed by atoms with Crippen LogP contribution in [0.2, 0.25) is 0 Å². The van der Waals surface area contributed by atoms with Crippen LogP contribution in [0.3, 0.4) is 0 Å². The number of ether oxygens (including phenoxy) is 1. The van der Waals surface area contributed by atoms with Crippen molar-refractivity contribution in [1.82, 2.24) is 0 Å². The molecule has 1 heterocycles. The monoisotopic (exact) mass is 278 g/mol. The molecule has 1 atom stereocenters. The number of carbonyl (C=O) groups is 1. The quantitative estimate of drug-likeness (QED) is 0.928. The van der Waals surface area contributed by atoms with E-state index < -0.39 is 12.1 Å². The molecular weight excluding hydrogens is 264 g/mol. The van der Waals surface area contributed by atoms with Gasteiger partial charge in [0, 0.05) is 11.1 Å². The normalized spacial score (nSPS) is 17.7. The first-order chi connectivity index (χ1) is 10.2. The number of hydrogen-bond acceptors (Lipinski definition) is 2. The Balaban J connectivity index is 2.05. The van der Waals surface area contributed by atoms with Gasteiger partial charge in [-0.05, 0) is 5.56 Å². The number of rotatable bonds is 3. The van der Waals surface area contributed by atoms with Crippen LogP contribution in [0.4, 0.5) is 0 Å². The van der Waals surface area contributed by atoms with Gasteiger partial charge in [0.2, 0.25) is 0 Å². The maximum absolute atomic E-state index is 11.6. The van der Waals surface area contributed by atoms with Crippen molar-refractivity contribution in [2.75, 3.05) is 0 Å². The molecule has 0 spiro atoms. The van der Waals surface area contributed by atoms with E-state index in [9.17, 15) is 9.90 Å². The van der Waals surface area contributed by atoms with E-state index in [-0.39, 0.29) is 5.57 Å². The lowest BCUT2D eigenvalue weighted by atomic mass is 9.97. The minimum absolute atomic E-state index is 0.148. The SMILES string of the molecule is C=C1C(C(=O)O)=C(c2ccccc2)O[C@@H]1c1ccccc1. The van der Waals surface area contributed by atoms with Crippen molar-refractivity contribution in [2.45, 2.75) is 6.10 Å². The molecule has 1 N–H and O–H groups in total. The van der Waals surface area contributed by atoms with Gasteiger partial charge in [-0.1, -0.05) is 67.2 Å². The topological polar surface area (TPSA) is 46.5 Å². The highest BCUT2D eigenvalue weighted by atomic mass is 16.5. The van der Waals surface area contributed by atoms with E-state index >= 15 is 0 Å². The van der Waals surface area contributed by atoms with E-state index in [1.165, 1.54) is 0 Å². The molecule has 0 fully saturated rings. The molecule has 3 rings (SSSR count). The Labute approximate surface area is 122 Å². The summed E-state index contributed by atoms with van der Waals surface area (Å²) in [5, 5.41) is 9.48. The summed E-state index contributed by atoms with van der Waals surface area (Å²) in [4.78, 5) is 11.6. The summed E-state index contributed by atoms with van der Waals surface area (Å²) in [7, 11) is 0. The molecule has 0 aromatic heterocycles. The largest absolute Gasteiger partial charge is 0.479 e. The second-order valence-corrected chi connectivity index (χ2v) is 4.81. The molecule has 0 aliphatic carbocycles. The van der Waals surface area contributed by atoms with E-state index in [4.69, 9.17) is 4.74 Å². The standard InChI is InChI=1S/C18H14O3/c1-12-15(18(19)20)17(14-10-6-3-7-11-14)21-16(12)13-8-4-2-5-9-13/h2-11,16H,1H2,(H,19,20)/t16-/m0/s1. The average Bonchev–Trinajstić information content (AvgIpc) is 2.87. The van der Waals surface area contributed by atoms with Crippen LogP contribution in [0, 0.1) is 0 Å². The highest BCUT2D eigenvalue weighted by Gasteiger charge is 2.35. The predicted octanol–water partition coefficient (Wildman–Crippen LogP) is 3.81. The highest BCUT2D eigenvalue weighted by molar-refractivity contribution is 6.01. The summed E-state index contributed by atoms with van der Waals surface area (Å²) in [6.07, 6.45) is -0.451. The van der Waals surface area contributed by atoms with Gasteiger partial charge in [-0.2, -0.15) is 0 Å². The van der Waals surface area contributed by atoms with Gasteiger partial charge in [0.15, 0.2) is 0 Å². The van der Waals surface area contributed by atoms with Crippen molar-refractivity contribution in [3.05, 3.63) is 89.5 Å². The molecule has 3 heteroatoms. The van der Waals surface area contributed by atoms with Crippen molar-refractivity contribution in [1.29, 1.82) is 0 Å². The summed E-state index contributed by atoms with van der Waals surface area (Å²) in [6.45, 7) is 3.93. The number of aliphatic carboxylic acids is 1. The van der Waals surface area contributed by atoms with E-state index in [1.54, 1.807) is 0 Å². The molecular formula is C18H14O3. The Morgan fingerprint density at radius 2 is 1.57 bits per heavy atom. The molecule has 0 amide bonds. The Morgan fingerprint density at radius 1 is 1.00 bits per heavy atom. The van der Waals surface area contributed by atoms with Crippen LogP contribution >= 0.6 is 0 Å². The van der Waals surface area contributed by atoms with Crippen LogP contribution in [0.1, 0.15) is 17.2 Å². The lowest BCUT2D eigenvalue weighted by Gasteiger charge is -2.14. The number of carboxylic acids is 1. The van der Waals surface area contributed by atoms with Gasteiger partial charge in [-0.3, -0.25) is 0 Å². The predicted molar refractivity (Wildman–Crippen MR) is 80.4 cm³/mol. The lowest BCUT2D eigenvalue weighted by molar-refractivity contribution is -0.132. The van der Waals surface area contributed by atoms with Gasteiger partial charge >= 0.3 is 5.97 Å². The first-order valence-electron chi connectivity index (χ1n) is 6.62. The van der Waals surface area contributed by atoms with Crippen molar-refractivity contribution < 1.29 is 14.6 Å². The summed E-state index contributed by atoms with van der Waals surface area (Å²) in [5.41, 5.74) is 2.27. The summed E-state index contributed by atoms with van der Waals surface area (Å²) >= 11 is 0. The highest BCUT2D eigenvalue weighted by Crippen LogP contribution is 2.43. The van der Waals surface area contributed by atoms with Gasteiger partial charge in [0.25, 0.3) is 0 Å². The van der Waals surface area contributed by atoms with Crippen molar-refractivity contribution in [2.24, 2.45) is 0 Å². The Morgan fingerprint density at radius 3 is 2.14 bits per heavy atom. The van der Waals surface area contributed by atoms with Crippen LogP contribution in [-0.2, 0) is 9.53 Å². The molecule has 21 heavy (non-hydrogen) atoms. The minimum Gasteiger partial charge on any atom is -0.479 e. The van der Waals surface area contributed by atoms with Crippen molar-refractivity contribution in [3.63, 3.8) is 0 Å². The molecule has 3 nitrogen and oxygen atoms in total. The molecule has 104 valence electrons. The molecule has 2 aromatic carbocycles. The molecule has 0 saturated carbocycles. The molecule has 0 radical (unpaired) electrons. The van der Waals surface area contributed by atoms with E-state index in [0.717, 1.165) is 11.1 Å². The zero-order chi connectivity index (χ0) is 14.8. The molecule has 1 aliphatic rings. The molecule has 0 saturated heterocycles. The lowest BCUT2D eigenvalue weighted by Crippen LogP contribution is -2.04. The third-order valence-corrected chi connectivity index (χ3v) is 3.45. The van der Waals surface area contributed by atoms with Crippen LogP contribution in [0.25, 0.3) is 5.76 Å². The Kier molecular flexibility index (Phi) is 3.32. The Hall–Kier alpha value is -2.81. The van der Waals surface area contributed by atoms with Gasteiger partial charge < -0.3 is 9.84 Å². The van der Waals surface area contributed by atoms with Crippen LogP contribution in [0.5, 0.6) is 0 Å². The first kappa shape index (κ1) is 13.2. The zero-order valence-electron chi connectivity index (χ0n) is 11.3. The smallest absolute Gasteiger partial charge is 0.339 e. The molecule has 2 aromatic rings. The van der Waals surface area contributed by atoms with Gasteiger partial charge in [-0.25, -0.2) is 4.79 Å². The zero-order valence-corrected chi connectivity index (χ0v) is 11.3. The fraction of sp³-hybridized carbons (Fsp3) is 0.0556. The van der Waals surface area contributed by atoms with Crippen molar-refractivity contribution in [3.8, 4) is 0 Å². The summed E-state index contributed by atoms with van der Waals surface area (Å²) in [5.74, 6) is -0.640. The second kappa shape index (κ2) is 5.29. The average molecular weight is 278 g/mol. The van der Waals surface area contributed by atoms with Gasteiger partial charge in [0.1, 0.15) is 17.4 Å². The van der Waals surface area contributed by atoms with Crippen molar-refractivity contribution >= 4 is 11.7 Å². The maximum atomic E-state index is 11.6. The van der Waals surface area contributed by atoms with Crippen LogP contribution < -0.4 is 0 Å². The third kappa shape index (κ3) is 2.34. The Bertz CT molecular complexity index is 715. The van der Waals surface area contributed by atoms with Crippen LogP contribution in [0.15, 0.2) is 78.4 Å². The van der Waals surface area contributed by atoms with E-state index in [0.29, 0.717) is 11.3 Å². The number of carboxylic acid groups (broad SMARTS) is 1. The van der Waals surface area contributed by atoms with Gasteiger partial charge in [0.05, 0.1) is 0 Å². The van der Waals surface area contributed by atoms with Gasteiger partial charge in [-0.15, -0.1) is 0 Å². The summed E-state index contributed by atoms with van der Waals surface area (Å²) in [6, 6.07) is 18.8. The van der Waals surface area contributed by atoms with E-state index in [1.807, 2.05) is 60.7 Å². The third-order valence-electron chi connectivity index (χ3n) is 3.45. The number of hydrogen-bond donors (Lipinski definition) is 1. The fourth-order valence-electron chi connectivity index (χ4n) is 2.46. The van der Waals surface area contributed by atoms with Crippen LogP contribution in [-0.4, -0.2) is 11.1 Å². The molecule has 0 unspecified atom stereocenters. The fourth-order valence-corrected chi connectivity index (χ4v) is 2.46. The molecule has 0 bridgehead atoms.